The Bertz CT molecular complexity index is 500. The molecular formula is C14H22N4O. The van der Waals surface area contributed by atoms with Crippen LogP contribution < -0.4 is 10.6 Å². The van der Waals surface area contributed by atoms with E-state index in [1.807, 2.05) is 24.8 Å². The largest absolute Gasteiger partial charge is 0.391 e. The van der Waals surface area contributed by atoms with Crippen molar-refractivity contribution in [1.29, 1.82) is 5.41 Å². The molecule has 1 saturated heterocycles. The van der Waals surface area contributed by atoms with Crippen molar-refractivity contribution in [3.05, 3.63) is 22.9 Å². The third-order valence-corrected chi connectivity index (χ3v) is 3.81. The van der Waals surface area contributed by atoms with Gasteiger partial charge in [0.15, 0.2) is 0 Å². The zero-order valence-electron chi connectivity index (χ0n) is 11.8. The molecule has 2 rings (SSSR count). The van der Waals surface area contributed by atoms with Crippen LogP contribution in [0.25, 0.3) is 0 Å². The summed E-state index contributed by atoms with van der Waals surface area (Å²) in [6.45, 7) is 7.33. The van der Waals surface area contributed by atoms with Crippen molar-refractivity contribution < 1.29 is 5.11 Å². The number of nitrogens with two attached hydrogens (primary N) is 1. The normalized spacial score (nSPS) is 23.5. The first-order chi connectivity index (χ1) is 8.90. The SMILES string of the molecule is Cc1cc(C)c(C(=N)N)c(N2CCC(C)C(O)C2)n1. The van der Waals surface area contributed by atoms with Gasteiger partial charge in [-0.25, -0.2) is 4.98 Å². The molecule has 19 heavy (non-hydrogen) atoms. The van der Waals surface area contributed by atoms with Crippen molar-refractivity contribution in [2.45, 2.75) is 33.3 Å². The number of aliphatic hydroxyl groups excluding tert-OH is 1. The molecule has 5 nitrogen and oxygen atoms in total. The average molecular weight is 262 g/mol. The molecule has 0 aromatic carbocycles. The molecule has 1 aliphatic rings. The Morgan fingerprint density at radius 1 is 1.53 bits per heavy atom. The van der Waals surface area contributed by atoms with E-state index in [-0.39, 0.29) is 11.9 Å². The molecule has 0 radical (unpaired) electrons. The van der Waals surface area contributed by atoms with E-state index in [2.05, 4.69) is 11.9 Å². The summed E-state index contributed by atoms with van der Waals surface area (Å²) in [7, 11) is 0. The van der Waals surface area contributed by atoms with Crippen molar-refractivity contribution in [3.63, 3.8) is 0 Å². The number of hydrogen-bond acceptors (Lipinski definition) is 4. The Morgan fingerprint density at radius 3 is 2.79 bits per heavy atom. The van der Waals surface area contributed by atoms with Gasteiger partial charge in [-0.15, -0.1) is 0 Å². The topological polar surface area (TPSA) is 86.2 Å². The van der Waals surface area contributed by atoms with E-state index < -0.39 is 0 Å². The number of pyridine rings is 1. The van der Waals surface area contributed by atoms with Gasteiger partial charge in [-0.1, -0.05) is 6.92 Å². The molecule has 1 aromatic rings. The van der Waals surface area contributed by atoms with E-state index in [4.69, 9.17) is 11.1 Å². The van der Waals surface area contributed by atoms with E-state index in [0.717, 1.165) is 30.0 Å². The number of nitrogen functional groups attached to an aromatic ring is 1. The van der Waals surface area contributed by atoms with Gasteiger partial charge in [-0.2, -0.15) is 0 Å². The second-order valence-corrected chi connectivity index (χ2v) is 5.47. The van der Waals surface area contributed by atoms with Gasteiger partial charge in [-0.05, 0) is 37.8 Å². The fraction of sp³-hybridized carbons (Fsp3) is 0.571. The maximum absolute atomic E-state index is 10.0. The number of rotatable bonds is 2. The smallest absolute Gasteiger partial charge is 0.140 e. The van der Waals surface area contributed by atoms with Gasteiger partial charge in [0.2, 0.25) is 0 Å². The summed E-state index contributed by atoms with van der Waals surface area (Å²) in [5.41, 5.74) is 8.24. The number of piperidine rings is 1. The molecule has 4 N–H and O–H groups in total. The van der Waals surface area contributed by atoms with Crippen molar-refractivity contribution in [1.82, 2.24) is 4.98 Å². The van der Waals surface area contributed by atoms with E-state index in [9.17, 15) is 5.11 Å². The number of hydrogen-bond donors (Lipinski definition) is 3. The fourth-order valence-electron chi connectivity index (χ4n) is 2.62. The molecule has 2 heterocycles. The number of nitrogens with one attached hydrogen (secondary N) is 1. The van der Waals surface area contributed by atoms with Crippen LogP contribution in [0.15, 0.2) is 6.07 Å². The van der Waals surface area contributed by atoms with Crippen LogP contribution in [0, 0.1) is 25.2 Å². The predicted molar refractivity (Wildman–Crippen MR) is 76.7 cm³/mol. The van der Waals surface area contributed by atoms with Gasteiger partial charge >= 0.3 is 0 Å². The van der Waals surface area contributed by atoms with E-state index >= 15 is 0 Å². The molecule has 1 fully saturated rings. The Morgan fingerprint density at radius 2 is 2.21 bits per heavy atom. The number of β-amino-alcohol motifs (C(OH)–C–C–N with tert-alkyl or cyclic N) is 1. The lowest BCUT2D eigenvalue weighted by atomic mass is 9.95. The highest BCUT2D eigenvalue weighted by atomic mass is 16.3. The van der Waals surface area contributed by atoms with Crippen LogP contribution in [0.5, 0.6) is 0 Å². The van der Waals surface area contributed by atoms with Crippen molar-refractivity contribution in [2.24, 2.45) is 11.7 Å². The summed E-state index contributed by atoms with van der Waals surface area (Å²) in [5.74, 6) is 1.08. The fourth-order valence-corrected chi connectivity index (χ4v) is 2.62. The van der Waals surface area contributed by atoms with Gasteiger partial charge < -0.3 is 15.7 Å². The van der Waals surface area contributed by atoms with Crippen molar-refractivity contribution >= 4 is 11.7 Å². The lowest BCUT2D eigenvalue weighted by Crippen LogP contribution is -2.44. The molecule has 5 heteroatoms. The quantitative estimate of drug-likeness (QED) is 0.552. The first kappa shape index (κ1) is 13.8. The molecular weight excluding hydrogens is 240 g/mol. The lowest BCUT2D eigenvalue weighted by molar-refractivity contribution is 0.102. The summed E-state index contributed by atoms with van der Waals surface area (Å²) in [5, 5.41) is 17.8. The van der Waals surface area contributed by atoms with Crippen molar-refractivity contribution in [3.8, 4) is 0 Å². The molecule has 0 spiro atoms. The summed E-state index contributed by atoms with van der Waals surface area (Å²) in [6, 6.07) is 1.93. The Kier molecular flexibility index (Phi) is 3.75. The number of nitrogens with zero attached hydrogens (tertiary/aromatic N) is 2. The number of aryl methyl sites for hydroxylation is 2. The van der Waals surface area contributed by atoms with Crippen LogP contribution in [0.1, 0.15) is 30.2 Å². The van der Waals surface area contributed by atoms with Gasteiger partial charge in [0.05, 0.1) is 11.7 Å². The van der Waals surface area contributed by atoms with Crippen LogP contribution >= 0.6 is 0 Å². The van der Waals surface area contributed by atoms with E-state index in [0.29, 0.717) is 18.0 Å². The second-order valence-electron chi connectivity index (χ2n) is 5.47. The van der Waals surface area contributed by atoms with E-state index in [1.165, 1.54) is 0 Å². The maximum Gasteiger partial charge on any atom is 0.140 e. The number of aliphatic hydroxyl groups is 1. The molecule has 0 aliphatic carbocycles. The monoisotopic (exact) mass is 262 g/mol. The number of anilines is 1. The summed E-state index contributed by atoms with van der Waals surface area (Å²) < 4.78 is 0. The minimum Gasteiger partial charge on any atom is -0.391 e. The Hall–Kier alpha value is -1.62. The van der Waals surface area contributed by atoms with Crippen LogP contribution in [-0.2, 0) is 0 Å². The summed E-state index contributed by atoms with van der Waals surface area (Å²) in [6.07, 6.45) is 0.573. The minimum absolute atomic E-state index is 0.0353. The van der Waals surface area contributed by atoms with Crippen molar-refractivity contribution in [2.75, 3.05) is 18.0 Å². The zero-order chi connectivity index (χ0) is 14.2. The highest BCUT2D eigenvalue weighted by Crippen LogP contribution is 2.27. The van der Waals surface area contributed by atoms with Gasteiger partial charge in [0.25, 0.3) is 0 Å². The highest BCUT2D eigenvalue weighted by molar-refractivity contribution is 6.01. The van der Waals surface area contributed by atoms with E-state index in [1.54, 1.807) is 0 Å². The number of aromatic nitrogens is 1. The zero-order valence-corrected chi connectivity index (χ0v) is 11.8. The molecule has 0 amide bonds. The first-order valence-electron chi connectivity index (χ1n) is 6.65. The Balaban J connectivity index is 2.41. The molecule has 2 unspecified atom stereocenters. The maximum atomic E-state index is 10.0. The highest BCUT2D eigenvalue weighted by Gasteiger charge is 2.27. The predicted octanol–water partition coefficient (Wildman–Crippen LogP) is 1.19. The molecule has 0 bridgehead atoms. The van der Waals surface area contributed by atoms with Crippen LogP contribution in [0.3, 0.4) is 0 Å². The lowest BCUT2D eigenvalue weighted by Gasteiger charge is -2.36. The molecule has 1 aliphatic heterocycles. The first-order valence-corrected chi connectivity index (χ1v) is 6.65. The average Bonchev–Trinajstić information content (AvgIpc) is 2.31. The molecule has 1 aromatic heterocycles. The van der Waals surface area contributed by atoms with Gasteiger partial charge in [0.1, 0.15) is 11.7 Å². The van der Waals surface area contributed by atoms with Gasteiger partial charge in [0, 0.05) is 18.8 Å². The second kappa shape index (κ2) is 5.17. The van der Waals surface area contributed by atoms with Crippen LogP contribution in [0.4, 0.5) is 5.82 Å². The molecule has 104 valence electrons. The summed E-state index contributed by atoms with van der Waals surface area (Å²) in [4.78, 5) is 6.58. The number of amidine groups is 1. The van der Waals surface area contributed by atoms with Crippen LogP contribution in [0.2, 0.25) is 0 Å². The molecule has 2 atom stereocenters. The standard InChI is InChI=1S/C14H22N4O/c1-8-4-5-18(7-11(8)19)14-12(13(15)16)9(2)6-10(3)17-14/h6,8,11,19H,4-5,7H2,1-3H3,(H3,15,16). The third-order valence-electron chi connectivity index (χ3n) is 3.81. The van der Waals surface area contributed by atoms with Crippen LogP contribution in [-0.4, -0.2) is 35.1 Å². The third kappa shape index (κ3) is 2.71. The molecule has 0 saturated carbocycles. The minimum atomic E-state index is -0.351. The Labute approximate surface area is 114 Å². The summed E-state index contributed by atoms with van der Waals surface area (Å²) >= 11 is 0. The van der Waals surface area contributed by atoms with Gasteiger partial charge in [-0.3, -0.25) is 5.41 Å².